The van der Waals surface area contributed by atoms with Gasteiger partial charge in [-0.25, -0.2) is 4.68 Å². The first kappa shape index (κ1) is 17.4. The van der Waals surface area contributed by atoms with E-state index in [1.54, 1.807) is 0 Å². The second-order valence-corrected chi connectivity index (χ2v) is 6.50. The first-order valence-electron chi connectivity index (χ1n) is 8.80. The lowest BCUT2D eigenvalue weighted by molar-refractivity contribution is 0.101. The second-order valence-electron chi connectivity index (χ2n) is 6.50. The maximum atomic E-state index is 12.4. The molecule has 2 aromatic rings. The van der Waals surface area contributed by atoms with Crippen LogP contribution in [0.25, 0.3) is 0 Å². The van der Waals surface area contributed by atoms with Crippen LogP contribution in [-0.4, -0.2) is 40.2 Å². The number of likely N-dealkylation sites (tertiary alicyclic amines) is 1. The van der Waals surface area contributed by atoms with Crippen LogP contribution >= 0.6 is 0 Å². The van der Waals surface area contributed by atoms with Crippen molar-refractivity contribution in [1.29, 1.82) is 0 Å². The number of anilines is 1. The molecule has 1 fully saturated rings. The number of carbonyl (C=O) groups excluding carboxylic acids is 1. The summed E-state index contributed by atoms with van der Waals surface area (Å²) >= 11 is 0. The van der Waals surface area contributed by atoms with E-state index >= 15 is 0 Å². The molecule has 6 nitrogen and oxygen atoms in total. The lowest BCUT2D eigenvalue weighted by Crippen LogP contribution is -2.36. The highest BCUT2D eigenvalue weighted by Gasteiger charge is 2.13. The van der Waals surface area contributed by atoms with Crippen molar-refractivity contribution < 1.29 is 4.79 Å². The van der Waals surface area contributed by atoms with Crippen molar-refractivity contribution in [2.24, 2.45) is 0 Å². The predicted molar refractivity (Wildman–Crippen MR) is 97.9 cm³/mol. The van der Waals surface area contributed by atoms with Crippen LogP contribution in [0.5, 0.6) is 0 Å². The van der Waals surface area contributed by atoms with Crippen molar-refractivity contribution in [1.82, 2.24) is 14.7 Å². The van der Waals surface area contributed by atoms with Gasteiger partial charge in [-0.2, -0.15) is 5.10 Å². The number of hydrogen-bond acceptors (Lipinski definition) is 4. The van der Waals surface area contributed by atoms with E-state index in [-0.39, 0.29) is 17.2 Å². The molecule has 132 valence electrons. The Morgan fingerprint density at radius 3 is 2.48 bits per heavy atom. The average molecular weight is 340 g/mol. The molecule has 0 atom stereocenters. The van der Waals surface area contributed by atoms with Gasteiger partial charge in [-0.3, -0.25) is 9.59 Å². The van der Waals surface area contributed by atoms with E-state index in [1.807, 2.05) is 31.2 Å². The summed E-state index contributed by atoms with van der Waals surface area (Å²) < 4.78 is 1.39. The first-order valence-corrected chi connectivity index (χ1v) is 8.80. The van der Waals surface area contributed by atoms with Gasteiger partial charge in [-0.05, 0) is 51.1 Å². The summed E-state index contributed by atoms with van der Waals surface area (Å²) in [5.41, 5.74) is 1.91. The molecule has 0 radical (unpaired) electrons. The zero-order valence-corrected chi connectivity index (χ0v) is 14.6. The quantitative estimate of drug-likeness (QED) is 0.907. The highest BCUT2D eigenvalue weighted by molar-refractivity contribution is 6.02. The normalized spacial score (nSPS) is 15.1. The van der Waals surface area contributed by atoms with Gasteiger partial charge in [0.15, 0.2) is 0 Å². The maximum Gasteiger partial charge on any atom is 0.276 e. The molecule has 3 rings (SSSR count). The van der Waals surface area contributed by atoms with Crippen LogP contribution in [0.15, 0.2) is 41.2 Å². The number of piperidine rings is 1. The number of rotatable bonds is 5. The summed E-state index contributed by atoms with van der Waals surface area (Å²) in [5.74, 6) is -0.310. The summed E-state index contributed by atoms with van der Waals surface area (Å²) in [7, 11) is 0. The molecule has 25 heavy (non-hydrogen) atoms. The number of aryl methyl sites for hydroxylation is 1. The molecule has 1 aromatic heterocycles. The number of carbonyl (C=O) groups is 1. The minimum atomic E-state index is -0.310. The van der Waals surface area contributed by atoms with Crippen LogP contribution in [0.3, 0.4) is 0 Å². The van der Waals surface area contributed by atoms with Crippen molar-refractivity contribution in [3.05, 3.63) is 58.0 Å². The molecule has 1 amide bonds. The van der Waals surface area contributed by atoms with Crippen LogP contribution in [-0.2, 0) is 6.54 Å². The van der Waals surface area contributed by atoms with Gasteiger partial charge >= 0.3 is 0 Å². The molecule has 0 bridgehead atoms. The first-order chi connectivity index (χ1) is 12.1. The Morgan fingerprint density at radius 2 is 1.76 bits per heavy atom. The molecule has 6 heteroatoms. The third-order valence-electron chi connectivity index (χ3n) is 4.49. The van der Waals surface area contributed by atoms with Crippen LogP contribution in [0.2, 0.25) is 0 Å². The number of amides is 1. The van der Waals surface area contributed by atoms with Crippen molar-refractivity contribution >= 4 is 11.6 Å². The molecule has 1 aromatic carbocycles. The zero-order chi connectivity index (χ0) is 17.6. The van der Waals surface area contributed by atoms with Gasteiger partial charge in [0.05, 0.1) is 6.54 Å². The summed E-state index contributed by atoms with van der Waals surface area (Å²) in [5, 5.41) is 7.05. The van der Waals surface area contributed by atoms with E-state index in [9.17, 15) is 9.59 Å². The monoisotopic (exact) mass is 340 g/mol. The Labute approximate surface area is 147 Å². The molecule has 0 aliphatic carbocycles. The molecular weight excluding hydrogens is 316 g/mol. The molecule has 1 saturated heterocycles. The third-order valence-corrected chi connectivity index (χ3v) is 4.49. The lowest BCUT2D eigenvalue weighted by atomic mass is 10.1. The topological polar surface area (TPSA) is 67.2 Å². The van der Waals surface area contributed by atoms with E-state index in [0.29, 0.717) is 12.2 Å². The van der Waals surface area contributed by atoms with E-state index in [4.69, 9.17) is 0 Å². The van der Waals surface area contributed by atoms with E-state index in [0.717, 1.165) is 25.2 Å². The average Bonchev–Trinajstić information content (AvgIpc) is 2.64. The Hall–Kier alpha value is -2.47. The number of nitrogens with one attached hydrogen (secondary N) is 1. The zero-order valence-electron chi connectivity index (χ0n) is 14.6. The van der Waals surface area contributed by atoms with Crippen molar-refractivity contribution in [3.63, 3.8) is 0 Å². The summed E-state index contributed by atoms with van der Waals surface area (Å²) in [6.07, 6.45) is 3.70. The maximum absolute atomic E-state index is 12.4. The second kappa shape index (κ2) is 8.07. The van der Waals surface area contributed by atoms with Crippen LogP contribution < -0.4 is 10.9 Å². The highest BCUT2D eigenvalue weighted by Crippen LogP contribution is 2.10. The molecule has 1 N–H and O–H groups in total. The molecule has 0 unspecified atom stereocenters. The smallest absolute Gasteiger partial charge is 0.276 e. The Kier molecular flexibility index (Phi) is 5.60. The highest BCUT2D eigenvalue weighted by atomic mass is 16.2. The van der Waals surface area contributed by atoms with E-state index in [1.165, 1.54) is 36.1 Å². The van der Waals surface area contributed by atoms with Gasteiger partial charge in [0, 0.05) is 18.3 Å². The van der Waals surface area contributed by atoms with Gasteiger partial charge in [0.1, 0.15) is 5.69 Å². The van der Waals surface area contributed by atoms with Gasteiger partial charge in [-0.15, -0.1) is 0 Å². The Bertz CT molecular complexity index is 777. The fraction of sp³-hybridized carbons (Fsp3) is 0.421. The van der Waals surface area contributed by atoms with Crippen molar-refractivity contribution in [2.45, 2.75) is 32.7 Å². The van der Waals surface area contributed by atoms with E-state index in [2.05, 4.69) is 15.3 Å². The van der Waals surface area contributed by atoms with Crippen molar-refractivity contribution in [2.75, 3.05) is 25.0 Å². The van der Waals surface area contributed by atoms with Gasteiger partial charge in [0.2, 0.25) is 0 Å². The predicted octanol–water partition coefficient (Wildman–Crippen LogP) is 2.29. The SMILES string of the molecule is Cc1ccc(NC(=O)c2ccc(=O)n(CCN3CCCCC3)n2)cc1. The van der Waals surface area contributed by atoms with Gasteiger partial charge in [0.25, 0.3) is 11.5 Å². The summed E-state index contributed by atoms with van der Waals surface area (Å²) in [4.78, 5) is 26.7. The number of aromatic nitrogens is 2. The largest absolute Gasteiger partial charge is 0.321 e. The summed E-state index contributed by atoms with van der Waals surface area (Å²) in [6, 6.07) is 10.4. The molecule has 0 saturated carbocycles. The molecule has 1 aliphatic rings. The number of hydrogen-bond donors (Lipinski definition) is 1. The molecule has 1 aliphatic heterocycles. The fourth-order valence-electron chi connectivity index (χ4n) is 2.98. The molecule has 0 spiro atoms. The number of benzene rings is 1. The molecule has 2 heterocycles. The Morgan fingerprint density at radius 1 is 1.04 bits per heavy atom. The summed E-state index contributed by atoms with van der Waals surface area (Å²) in [6.45, 7) is 5.43. The Balaban J connectivity index is 1.66. The van der Waals surface area contributed by atoms with Crippen LogP contribution in [0, 0.1) is 6.92 Å². The lowest BCUT2D eigenvalue weighted by Gasteiger charge is -2.26. The third kappa shape index (κ3) is 4.76. The fourth-order valence-corrected chi connectivity index (χ4v) is 2.98. The number of nitrogens with zero attached hydrogens (tertiary/aromatic N) is 3. The standard InChI is InChI=1S/C19H24N4O2/c1-15-5-7-16(8-6-15)20-19(25)17-9-10-18(24)23(21-17)14-13-22-11-3-2-4-12-22/h5-10H,2-4,11-14H2,1H3,(H,20,25). The van der Waals surface area contributed by atoms with Crippen LogP contribution in [0.1, 0.15) is 35.3 Å². The minimum absolute atomic E-state index is 0.177. The van der Waals surface area contributed by atoms with Crippen LogP contribution in [0.4, 0.5) is 5.69 Å². The molecular formula is C19H24N4O2. The van der Waals surface area contributed by atoms with E-state index < -0.39 is 0 Å². The van der Waals surface area contributed by atoms with Crippen molar-refractivity contribution in [3.8, 4) is 0 Å². The van der Waals surface area contributed by atoms with Gasteiger partial charge < -0.3 is 10.2 Å². The van der Waals surface area contributed by atoms with Gasteiger partial charge in [-0.1, -0.05) is 24.1 Å². The minimum Gasteiger partial charge on any atom is -0.321 e.